The van der Waals surface area contributed by atoms with E-state index in [-0.39, 0.29) is 19.0 Å². The molecular weight excluding hydrogens is 416 g/mol. The maximum Gasteiger partial charge on any atom is 0.244 e. The Morgan fingerprint density at radius 2 is 2.03 bits per heavy atom. The predicted molar refractivity (Wildman–Crippen MR) is 117 cm³/mol. The highest BCUT2D eigenvalue weighted by Gasteiger charge is 2.30. The number of aromatic nitrogens is 5. The highest BCUT2D eigenvalue weighted by atomic mass is 19.1. The third kappa shape index (κ3) is 3.81. The molecule has 1 aliphatic rings. The van der Waals surface area contributed by atoms with Crippen LogP contribution in [0.4, 0.5) is 14.7 Å². The van der Waals surface area contributed by atoms with Crippen molar-refractivity contribution in [2.45, 2.75) is 18.6 Å². The highest BCUT2D eigenvalue weighted by molar-refractivity contribution is 5.89. The van der Waals surface area contributed by atoms with Crippen LogP contribution in [0.5, 0.6) is 5.88 Å². The highest BCUT2D eigenvalue weighted by Crippen LogP contribution is 2.32. The molecule has 0 bridgehead atoms. The van der Waals surface area contributed by atoms with Crippen LogP contribution in [-0.2, 0) is 0 Å². The second-order valence-electron chi connectivity index (χ2n) is 7.77. The third-order valence-electron chi connectivity index (χ3n) is 5.79. The molecule has 0 saturated carbocycles. The standard InChI is InChI=1S/C22H23F2N7O/c1-32-21-20-15(14-2-3-18-19(12-14)26-8-7-25-18)4-10-31(20)29-22(28-21)27-17-5-9-30(11-6-23)13-16(17)24/h2-4,7-8,10,12,16-17H,5-6,9,11,13H2,1H3,(H,27,29)/t16-,17-/m1/s1. The van der Waals surface area contributed by atoms with Crippen molar-refractivity contribution < 1.29 is 13.5 Å². The Morgan fingerprint density at radius 1 is 1.19 bits per heavy atom. The summed E-state index contributed by atoms with van der Waals surface area (Å²) in [5.41, 5.74) is 4.13. The molecule has 32 heavy (non-hydrogen) atoms. The first-order chi connectivity index (χ1) is 15.7. The molecule has 1 aromatic carbocycles. The van der Waals surface area contributed by atoms with Crippen LogP contribution in [0.1, 0.15) is 6.42 Å². The minimum Gasteiger partial charge on any atom is -0.479 e. The molecule has 1 aliphatic heterocycles. The molecule has 1 fully saturated rings. The summed E-state index contributed by atoms with van der Waals surface area (Å²) in [4.78, 5) is 15.0. The number of hydrogen-bond donors (Lipinski definition) is 1. The number of likely N-dealkylation sites (tertiary alicyclic amines) is 1. The molecule has 0 unspecified atom stereocenters. The van der Waals surface area contributed by atoms with Crippen molar-refractivity contribution in [3.05, 3.63) is 42.9 Å². The fourth-order valence-electron chi connectivity index (χ4n) is 4.18. The number of fused-ring (bicyclic) bond motifs is 2. The quantitative estimate of drug-likeness (QED) is 0.494. The topological polar surface area (TPSA) is 80.5 Å². The fraction of sp³-hybridized carbons (Fsp3) is 0.364. The summed E-state index contributed by atoms with van der Waals surface area (Å²) in [7, 11) is 1.54. The number of nitrogens with one attached hydrogen (secondary N) is 1. The maximum absolute atomic E-state index is 14.6. The average molecular weight is 439 g/mol. The zero-order valence-corrected chi connectivity index (χ0v) is 17.6. The number of piperidine rings is 1. The number of methoxy groups -OCH3 is 1. The van der Waals surface area contributed by atoms with Gasteiger partial charge in [0.15, 0.2) is 0 Å². The van der Waals surface area contributed by atoms with Crippen LogP contribution in [-0.4, -0.2) is 75.1 Å². The molecule has 0 amide bonds. The van der Waals surface area contributed by atoms with E-state index in [1.807, 2.05) is 30.5 Å². The summed E-state index contributed by atoms with van der Waals surface area (Å²) < 4.78 is 34.4. The van der Waals surface area contributed by atoms with Crippen LogP contribution in [0, 0.1) is 0 Å². The largest absolute Gasteiger partial charge is 0.479 e. The van der Waals surface area contributed by atoms with Gasteiger partial charge in [-0.15, -0.1) is 5.10 Å². The van der Waals surface area contributed by atoms with Gasteiger partial charge in [-0.05, 0) is 30.2 Å². The first-order valence-corrected chi connectivity index (χ1v) is 10.5. The van der Waals surface area contributed by atoms with Gasteiger partial charge in [0.1, 0.15) is 18.4 Å². The molecule has 0 spiro atoms. The van der Waals surface area contributed by atoms with Gasteiger partial charge in [-0.2, -0.15) is 4.98 Å². The van der Waals surface area contributed by atoms with Crippen molar-refractivity contribution in [3.8, 4) is 17.0 Å². The van der Waals surface area contributed by atoms with E-state index in [9.17, 15) is 8.78 Å². The first-order valence-electron chi connectivity index (χ1n) is 10.5. The van der Waals surface area contributed by atoms with Gasteiger partial charge >= 0.3 is 0 Å². The number of ether oxygens (including phenoxy) is 1. The number of nitrogens with zero attached hydrogens (tertiary/aromatic N) is 6. The lowest BCUT2D eigenvalue weighted by Gasteiger charge is -2.34. The Morgan fingerprint density at radius 3 is 2.81 bits per heavy atom. The van der Waals surface area contributed by atoms with E-state index < -0.39 is 18.9 Å². The second-order valence-corrected chi connectivity index (χ2v) is 7.77. The lowest BCUT2D eigenvalue weighted by Crippen LogP contribution is -2.48. The van der Waals surface area contributed by atoms with Gasteiger partial charge < -0.3 is 10.1 Å². The number of rotatable bonds is 6. The van der Waals surface area contributed by atoms with Gasteiger partial charge in [0.05, 0.1) is 24.2 Å². The van der Waals surface area contributed by atoms with Crippen molar-refractivity contribution in [1.29, 1.82) is 0 Å². The van der Waals surface area contributed by atoms with Crippen LogP contribution in [0.3, 0.4) is 0 Å². The summed E-state index contributed by atoms with van der Waals surface area (Å²) in [5, 5.41) is 7.62. The molecule has 0 aliphatic carbocycles. The molecular formula is C22H23F2N7O. The summed E-state index contributed by atoms with van der Waals surface area (Å²) in [5.74, 6) is 0.666. The van der Waals surface area contributed by atoms with Crippen LogP contribution >= 0.6 is 0 Å². The summed E-state index contributed by atoms with van der Waals surface area (Å²) >= 11 is 0. The molecule has 4 aromatic rings. The van der Waals surface area contributed by atoms with Crippen LogP contribution in [0.2, 0.25) is 0 Å². The van der Waals surface area contributed by atoms with E-state index >= 15 is 0 Å². The summed E-state index contributed by atoms with van der Waals surface area (Å²) in [6, 6.07) is 7.34. The summed E-state index contributed by atoms with van der Waals surface area (Å²) in [6.45, 7) is 0.608. The monoisotopic (exact) mass is 439 g/mol. The zero-order chi connectivity index (χ0) is 22.1. The fourth-order valence-corrected chi connectivity index (χ4v) is 4.18. The minimum absolute atomic E-state index is 0.194. The second kappa shape index (κ2) is 8.62. The molecule has 3 aromatic heterocycles. The number of alkyl halides is 2. The van der Waals surface area contributed by atoms with Gasteiger partial charge in [-0.1, -0.05) is 6.07 Å². The van der Waals surface area contributed by atoms with E-state index in [1.165, 1.54) is 0 Å². The van der Waals surface area contributed by atoms with E-state index in [4.69, 9.17) is 4.74 Å². The maximum atomic E-state index is 14.6. The van der Waals surface area contributed by atoms with Crippen molar-refractivity contribution >= 4 is 22.5 Å². The molecule has 10 heteroatoms. The lowest BCUT2D eigenvalue weighted by molar-refractivity contribution is 0.120. The molecule has 1 saturated heterocycles. The number of benzene rings is 1. The van der Waals surface area contributed by atoms with Crippen molar-refractivity contribution in [2.24, 2.45) is 0 Å². The van der Waals surface area contributed by atoms with Crippen LogP contribution in [0.25, 0.3) is 27.7 Å². The average Bonchev–Trinajstić information content (AvgIpc) is 3.24. The Bertz CT molecular complexity index is 1250. The molecule has 8 nitrogen and oxygen atoms in total. The van der Waals surface area contributed by atoms with Gasteiger partial charge in [0, 0.05) is 43.8 Å². The minimum atomic E-state index is -1.14. The van der Waals surface area contributed by atoms with Crippen LogP contribution in [0.15, 0.2) is 42.9 Å². The van der Waals surface area contributed by atoms with Crippen molar-refractivity contribution in [1.82, 2.24) is 29.5 Å². The molecule has 4 heterocycles. The molecule has 1 N–H and O–H groups in total. The van der Waals surface area contributed by atoms with Gasteiger partial charge in [-0.25, -0.2) is 13.3 Å². The third-order valence-corrected chi connectivity index (χ3v) is 5.79. The zero-order valence-electron chi connectivity index (χ0n) is 17.6. The van der Waals surface area contributed by atoms with E-state index in [1.54, 1.807) is 28.9 Å². The molecule has 166 valence electrons. The summed E-state index contributed by atoms with van der Waals surface area (Å²) in [6.07, 6.45) is 4.54. The van der Waals surface area contributed by atoms with E-state index in [0.717, 1.165) is 22.2 Å². The Kier molecular flexibility index (Phi) is 5.52. The molecule has 0 radical (unpaired) electrons. The predicted octanol–water partition coefficient (Wildman–Crippen LogP) is 3.14. The normalized spacial score (nSPS) is 19.5. The number of hydrogen-bond acceptors (Lipinski definition) is 7. The van der Waals surface area contributed by atoms with Gasteiger partial charge in [-0.3, -0.25) is 14.9 Å². The van der Waals surface area contributed by atoms with Gasteiger partial charge in [0.25, 0.3) is 0 Å². The Hall–Kier alpha value is -3.40. The van der Waals surface area contributed by atoms with Crippen LogP contribution < -0.4 is 10.1 Å². The number of halogens is 2. The first kappa shape index (κ1) is 20.5. The lowest BCUT2D eigenvalue weighted by atomic mass is 10.0. The number of anilines is 1. The van der Waals surface area contributed by atoms with Crippen molar-refractivity contribution in [3.63, 3.8) is 0 Å². The van der Waals surface area contributed by atoms with E-state index in [2.05, 4.69) is 25.4 Å². The molecule has 5 rings (SSSR count). The van der Waals surface area contributed by atoms with Crippen molar-refractivity contribution in [2.75, 3.05) is 38.7 Å². The van der Waals surface area contributed by atoms with Gasteiger partial charge in [0.2, 0.25) is 11.8 Å². The molecule has 2 atom stereocenters. The smallest absolute Gasteiger partial charge is 0.244 e. The Labute approximate surface area is 183 Å². The Balaban J connectivity index is 1.45. The van der Waals surface area contributed by atoms with E-state index in [0.29, 0.717) is 24.4 Å². The SMILES string of the molecule is COc1nc(N[C@@H]2CCN(CCF)C[C@H]2F)nn2ccc(-c3ccc4nccnc4c3)c12.